The Morgan fingerprint density at radius 1 is 1.13 bits per heavy atom. The van der Waals surface area contributed by atoms with Gasteiger partial charge in [0.15, 0.2) is 5.79 Å². The van der Waals surface area contributed by atoms with Gasteiger partial charge in [0.2, 0.25) is 0 Å². The van der Waals surface area contributed by atoms with Crippen LogP contribution in [0, 0.1) is 11.8 Å². The summed E-state index contributed by atoms with van der Waals surface area (Å²) in [6, 6.07) is 7.95. The molecular weight excluding hydrogens is 288 g/mol. The van der Waals surface area contributed by atoms with E-state index in [1.165, 1.54) is 5.57 Å². The van der Waals surface area contributed by atoms with Crippen molar-refractivity contribution in [2.24, 2.45) is 11.8 Å². The van der Waals surface area contributed by atoms with Gasteiger partial charge in [0.25, 0.3) is 0 Å². The summed E-state index contributed by atoms with van der Waals surface area (Å²) in [6.07, 6.45) is 0.665. The van der Waals surface area contributed by atoms with E-state index in [-0.39, 0.29) is 5.92 Å². The van der Waals surface area contributed by atoms with Crippen molar-refractivity contribution in [3.63, 3.8) is 0 Å². The molecule has 1 N–H and O–H groups in total. The molecule has 23 heavy (non-hydrogen) atoms. The standard InChI is InChI=1S/C20H30O3/c1-8-19(22-6,23-7)17-11-9-10-12-18(17)20(21)15(4)13(2)14(3)16(20)5/h9-13,15,21H,8H2,1-7H3. The van der Waals surface area contributed by atoms with Gasteiger partial charge in [0.05, 0.1) is 0 Å². The molecule has 1 aromatic carbocycles. The van der Waals surface area contributed by atoms with Gasteiger partial charge < -0.3 is 14.6 Å². The lowest BCUT2D eigenvalue weighted by atomic mass is 9.75. The van der Waals surface area contributed by atoms with Gasteiger partial charge in [-0.05, 0) is 36.8 Å². The Kier molecular flexibility index (Phi) is 5.05. The van der Waals surface area contributed by atoms with E-state index < -0.39 is 11.4 Å². The lowest BCUT2D eigenvalue weighted by Gasteiger charge is -2.39. The molecule has 0 amide bonds. The van der Waals surface area contributed by atoms with Crippen molar-refractivity contribution in [2.45, 2.75) is 52.4 Å². The van der Waals surface area contributed by atoms with E-state index in [0.29, 0.717) is 12.3 Å². The molecule has 0 radical (unpaired) electrons. The van der Waals surface area contributed by atoms with Crippen LogP contribution in [-0.4, -0.2) is 19.3 Å². The number of allylic oxidation sites excluding steroid dienone is 1. The molecular formula is C20H30O3. The number of ether oxygens (including phenoxy) is 2. The van der Waals surface area contributed by atoms with Gasteiger partial charge in [-0.15, -0.1) is 0 Å². The number of rotatable bonds is 5. The van der Waals surface area contributed by atoms with Crippen LogP contribution in [0.15, 0.2) is 35.4 Å². The van der Waals surface area contributed by atoms with E-state index in [4.69, 9.17) is 9.47 Å². The molecule has 1 aliphatic rings. The topological polar surface area (TPSA) is 38.7 Å². The molecule has 3 heteroatoms. The summed E-state index contributed by atoms with van der Waals surface area (Å²) in [5, 5.41) is 11.7. The number of benzene rings is 1. The van der Waals surface area contributed by atoms with Crippen LogP contribution < -0.4 is 0 Å². The fourth-order valence-electron chi connectivity index (χ4n) is 4.10. The third kappa shape index (κ3) is 2.46. The van der Waals surface area contributed by atoms with Gasteiger partial charge in [0, 0.05) is 26.2 Å². The molecule has 0 saturated heterocycles. The molecule has 0 fully saturated rings. The SMILES string of the molecule is CCC(OC)(OC)c1ccccc1C1(O)C(C)=C(C)C(C)C1C. The highest BCUT2D eigenvalue weighted by Gasteiger charge is 2.49. The maximum Gasteiger partial charge on any atom is 0.194 e. The second-order valence-electron chi connectivity index (χ2n) is 6.71. The fraction of sp³-hybridized carbons (Fsp3) is 0.600. The molecule has 128 valence electrons. The van der Waals surface area contributed by atoms with Crippen LogP contribution in [0.3, 0.4) is 0 Å². The summed E-state index contributed by atoms with van der Waals surface area (Å²) in [5.74, 6) is -0.396. The van der Waals surface area contributed by atoms with Crippen LogP contribution in [0.2, 0.25) is 0 Å². The minimum Gasteiger partial charge on any atom is -0.380 e. The second kappa shape index (κ2) is 6.39. The Balaban J connectivity index is 2.72. The highest BCUT2D eigenvalue weighted by molar-refractivity contribution is 5.46. The van der Waals surface area contributed by atoms with Crippen molar-refractivity contribution >= 4 is 0 Å². The van der Waals surface area contributed by atoms with Gasteiger partial charge in [0.1, 0.15) is 5.60 Å². The van der Waals surface area contributed by atoms with E-state index in [1.54, 1.807) is 14.2 Å². The Morgan fingerprint density at radius 2 is 1.70 bits per heavy atom. The summed E-state index contributed by atoms with van der Waals surface area (Å²) < 4.78 is 11.5. The highest BCUT2D eigenvalue weighted by atomic mass is 16.7. The van der Waals surface area contributed by atoms with Crippen LogP contribution >= 0.6 is 0 Å². The Morgan fingerprint density at radius 3 is 2.13 bits per heavy atom. The van der Waals surface area contributed by atoms with Crippen molar-refractivity contribution in [2.75, 3.05) is 14.2 Å². The van der Waals surface area contributed by atoms with Crippen molar-refractivity contribution in [1.29, 1.82) is 0 Å². The number of hydrogen-bond donors (Lipinski definition) is 1. The van der Waals surface area contributed by atoms with Crippen LogP contribution in [0.5, 0.6) is 0 Å². The normalized spacial score (nSPS) is 28.5. The molecule has 0 saturated carbocycles. The number of aliphatic hydroxyl groups is 1. The maximum absolute atomic E-state index is 11.7. The largest absolute Gasteiger partial charge is 0.380 e. The molecule has 0 aromatic heterocycles. The third-order valence-corrected chi connectivity index (χ3v) is 6.13. The molecule has 3 nitrogen and oxygen atoms in total. The molecule has 1 aromatic rings. The molecule has 3 unspecified atom stereocenters. The Labute approximate surface area is 140 Å². The molecule has 2 rings (SSSR count). The summed E-state index contributed by atoms with van der Waals surface area (Å²) in [5.41, 5.74) is 3.12. The zero-order valence-corrected chi connectivity index (χ0v) is 15.4. The summed E-state index contributed by atoms with van der Waals surface area (Å²) in [6.45, 7) is 10.5. The van der Waals surface area contributed by atoms with Crippen molar-refractivity contribution < 1.29 is 14.6 Å². The van der Waals surface area contributed by atoms with E-state index in [9.17, 15) is 5.11 Å². The first-order valence-electron chi connectivity index (χ1n) is 8.40. The minimum absolute atomic E-state index is 0.104. The molecule has 0 aliphatic heterocycles. The molecule has 0 heterocycles. The molecule has 0 spiro atoms. The molecule has 0 bridgehead atoms. The zero-order valence-electron chi connectivity index (χ0n) is 15.4. The van der Waals surface area contributed by atoms with Crippen LogP contribution in [0.1, 0.15) is 52.2 Å². The quantitative estimate of drug-likeness (QED) is 0.648. The highest BCUT2D eigenvalue weighted by Crippen LogP contribution is 2.52. The predicted molar refractivity (Wildman–Crippen MR) is 93.0 cm³/mol. The first-order valence-corrected chi connectivity index (χ1v) is 8.40. The van der Waals surface area contributed by atoms with Gasteiger partial charge in [-0.25, -0.2) is 0 Å². The predicted octanol–water partition coefficient (Wildman–Crippen LogP) is 4.35. The smallest absolute Gasteiger partial charge is 0.194 e. The van der Waals surface area contributed by atoms with Crippen LogP contribution in [0.25, 0.3) is 0 Å². The van der Waals surface area contributed by atoms with Gasteiger partial charge in [-0.2, -0.15) is 0 Å². The van der Waals surface area contributed by atoms with Gasteiger partial charge >= 0.3 is 0 Å². The van der Waals surface area contributed by atoms with Gasteiger partial charge in [-0.1, -0.05) is 50.6 Å². The van der Waals surface area contributed by atoms with Crippen LogP contribution in [0.4, 0.5) is 0 Å². The maximum atomic E-state index is 11.7. The monoisotopic (exact) mass is 318 g/mol. The molecule has 3 atom stereocenters. The van der Waals surface area contributed by atoms with Crippen molar-refractivity contribution in [1.82, 2.24) is 0 Å². The van der Waals surface area contributed by atoms with E-state index in [0.717, 1.165) is 16.7 Å². The molecule has 1 aliphatic carbocycles. The van der Waals surface area contributed by atoms with E-state index >= 15 is 0 Å². The minimum atomic E-state index is -0.989. The van der Waals surface area contributed by atoms with Crippen molar-refractivity contribution in [3.8, 4) is 0 Å². The van der Waals surface area contributed by atoms with Crippen LogP contribution in [-0.2, 0) is 20.9 Å². The average Bonchev–Trinajstić information content (AvgIpc) is 2.74. The Bertz CT molecular complexity index is 592. The second-order valence-corrected chi connectivity index (χ2v) is 6.71. The average molecular weight is 318 g/mol. The first-order chi connectivity index (χ1) is 10.8. The summed E-state index contributed by atoms with van der Waals surface area (Å²) in [7, 11) is 3.31. The lowest BCUT2D eigenvalue weighted by molar-refractivity contribution is -0.219. The Hall–Kier alpha value is -1.16. The van der Waals surface area contributed by atoms with Gasteiger partial charge in [-0.3, -0.25) is 0 Å². The summed E-state index contributed by atoms with van der Waals surface area (Å²) >= 11 is 0. The van der Waals surface area contributed by atoms with E-state index in [2.05, 4.69) is 20.8 Å². The number of methoxy groups -OCH3 is 2. The third-order valence-electron chi connectivity index (χ3n) is 6.13. The lowest BCUT2D eigenvalue weighted by Crippen LogP contribution is -2.39. The fourth-order valence-corrected chi connectivity index (χ4v) is 4.10. The summed E-state index contributed by atoms with van der Waals surface area (Å²) in [4.78, 5) is 0. The van der Waals surface area contributed by atoms with E-state index in [1.807, 2.05) is 38.1 Å². The zero-order chi connectivity index (χ0) is 17.4. The first kappa shape index (κ1) is 18.2. The van der Waals surface area contributed by atoms with Crippen molar-refractivity contribution in [3.05, 3.63) is 46.5 Å². The number of hydrogen-bond acceptors (Lipinski definition) is 3.